The van der Waals surface area contributed by atoms with Gasteiger partial charge >= 0.3 is 5.97 Å². The van der Waals surface area contributed by atoms with E-state index in [0.717, 1.165) is 0 Å². The number of benzene rings is 2. The minimum absolute atomic E-state index is 0.0700. The van der Waals surface area contributed by atoms with Crippen molar-refractivity contribution in [3.63, 3.8) is 0 Å². The number of nitrogens with one attached hydrogen (secondary N) is 1. The Morgan fingerprint density at radius 2 is 1.96 bits per heavy atom. The fraction of sp³-hybridized carbons (Fsp3) is 0.111. The number of thioether (sulfide) groups is 1. The molecule has 1 amide bonds. The third-order valence-electron chi connectivity index (χ3n) is 3.57. The van der Waals surface area contributed by atoms with Gasteiger partial charge in [-0.15, -0.1) is 0 Å². The average molecular weight is 422 g/mol. The topological polar surface area (TPSA) is 81.2 Å². The molecule has 0 saturated heterocycles. The Morgan fingerprint density at radius 1 is 1.19 bits per heavy atom. The zero-order valence-electron chi connectivity index (χ0n) is 14.0. The van der Waals surface area contributed by atoms with Gasteiger partial charge < -0.3 is 10.1 Å². The SMILES string of the molecule is COC(=O)c1ccccc1NC(=O)CSc1ncnc2cc(Cl)cc(Cl)c12. The maximum Gasteiger partial charge on any atom is 0.339 e. The molecule has 1 N–H and O–H groups in total. The number of esters is 1. The second-order valence-electron chi connectivity index (χ2n) is 5.33. The smallest absolute Gasteiger partial charge is 0.339 e. The van der Waals surface area contributed by atoms with Gasteiger partial charge in [0.25, 0.3) is 0 Å². The van der Waals surface area contributed by atoms with Crippen molar-refractivity contribution in [1.82, 2.24) is 9.97 Å². The van der Waals surface area contributed by atoms with Gasteiger partial charge in [0.1, 0.15) is 11.4 Å². The van der Waals surface area contributed by atoms with Gasteiger partial charge in [-0.25, -0.2) is 14.8 Å². The lowest BCUT2D eigenvalue weighted by molar-refractivity contribution is -0.113. The summed E-state index contributed by atoms with van der Waals surface area (Å²) in [4.78, 5) is 32.5. The fourth-order valence-corrected chi connectivity index (χ4v) is 3.84. The normalized spacial score (nSPS) is 10.6. The van der Waals surface area contributed by atoms with E-state index in [9.17, 15) is 9.59 Å². The highest BCUT2D eigenvalue weighted by Gasteiger charge is 2.15. The van der Waals surface area contributed by atoms with E-state index in [2.05, 4.69) is 15.3 Å². The number of para-hydroxylation sites is 1. The molecule has 6 nitrogen and oxygen atoms in total. The Balaban J connectivity index is 1.76. The van der Waals surface area contributed by atoms with Gasteiger partial charge in [0.15, 0.2) is 0 Å². The number of nitrogens with zero attached hydrogens (tertiary/aromatic N) is 2. The quantitative estimate of drug-likeness (QED) is 0.372. The van der Waals surface area contributed by atoms with E-state index in [4.69, 9.17) is 27.9 Å². The summed E-state index contributed by atoms with van der Waals surface area (Å²) >= 11 is 13.5. The maximum atomic E-state index is 12.3. The Kier molecular flexibility index (Phi) is 6.15. The summed E-state index contributed by atoms with van der Waals surface area (Å²) in [6, 6.07) is 9.91. The number of carbonyl (C=O) groups is 2. The van der Waals surface area contributed by atoms with Crippen molar-refractivity contribution in [2.75, 3.05) is 18.2 Å². The van der Waals surface area contributed by atoms with E-state index in [1.807, 2.05) is 0 Å². The van der Waals surface area contributed by atoms with Crippen molar-refractivity contribution < 1.29 is 14.3 Å². The third-order valence-corrected chi connectivity index (χ3v) is 5.07. The molecule has 0 radical (unpaired) electrons. The molecule has 0 aliphatic heterocycles. The first kappa shape index (κ1) is 19.4. The average Bonchev–Trinajstić information content (AvgIpc) is 2.65. The number of rotatable bonds is 5. The molecule has 2 aromatic carbocycles. The van der Waals surface area contributed by atoms with Crippen LogP contribution in [0.2, 0.25) is 10.0 Å². The molecule has 3 aromatic rings. The van der Waals surface area contributed by atoms with Crippen LogP contribution in [0.25, 0.3) is 10.9 Å². The number of fused-ring (bicyclic) bond motifs is 1. The summed E-state index contributed by atoms with van der Waals surface area (Å²) in [5.74, 6) is -0.752. The lowest BCUT2D eigenvalue weighted by Gasteiger charge is -2.10. The molecular weight excluding hydrogens is 409 g/mol. The summed E-state index contributed by atoms with van der Waals surface area (Å²) in [7, 11) is 1.28. The minimum Gasteiger partial charge on any atom is -0.465 e. The van der Waals surface area contributed by atoms with Crippen molar-refractivity contribution in [3.05, 3.63) is 58.3 Å². The predicted octanol–water partition coefficient (Wildman–Crippen LogP) is 4.45. The number of hydrogen-bond acceptors (Lipinski definition) is 6. The van der Waals surface area contributed by atoms with E-state index >= 15 is 0 Å². The van der Waals surface area contributed by atoms with Crippen LogP contribution in [0.3, 0.4) is 0 Å². The van der Waals surface area contributed by atoms with Gasteiger partial charge in [0, 0.05) is 5.02 Å². The van der Waals surface area contributed by atoms with Crippen LogP contribution in [0.5, 0.6) is 0 Å². The van der Waals surface area contributed by atoms with E-state index in [1.165, 1.54) is 25.2 Å². The maximum absolute atomic E-state index is 12.3. The third kappa shape index (κ3) is 4.50. The Bertz CT molecular complexity index is 1030. The molecule has 27 heavy (non-hydrogen) atoms. The van der Waals surface area contributed by atoms with Crippen LogP contribution in [0.15, 0.2) is 47.8 Å². The Hall–Kier alpha value is -2.35. The van der Waals surface area contributed by atoms with E-state index in [-0.39, 0.29) is 17.2 Å². The van der Waals surface area contributed by atoms with E-state index in [1.54, 1.807) is 36.4 Å². The minimum atomic E-state index is -0.524. The molecule has 0 fully saturated rings. The second kappa shape index (κ2) is 8.56. The number of ether oxygens (including phenoxy) is 1. The summed E-state index contributed by atoms with van der Waals surface area (Å²) < 4.78 is 4.72. The predicted molar refractivity (Wildman–Crippen MR) is 107 cm³/mol. The molecule has 0 spiro atoms. The molecule has 1 aromatic heterocycles. The van der Waals surface area contributed by atoms with Crippen LogP contribution >= 0.6 is 35.0 Å². The number of anilines is 1. The van der Waals surface area contributed by atoms with Gasteiger partial charge in [-0.2, -0.15) is 0 Å². The molecule has 0 unspecified atom stereocenters. The first-order valence-corrected chi connectivity index (χ1v) is 9.43. The molecule has 138 valence electrons. The lowest BCUT2D eigenvalue weighted by Crippen LogP contribution is -2.17. The largest absolute Gasteiger partial charge is 0.465 e. The molecule has 0 aliphatic rings. The van der Waals surface area contributed by atoms with Gasteiger partial charge in [0.2, 0.25) is 5.91 Å². The van der Waals surface area contributed by atoms with Gasteiger partial charge in [-0.1, -0.05) is 47.1 Å². The van der Waals surface area contributed by atoms with E-state index < -0.39 is 5.97 Å². The Morgan fingerprint density at radius 3 is 2.74 bits per heavy atom. The molecule has 0 atom stereocenters. The molecule has 0 saturated carbocycles. The van der Waals surface area contributed by atoms with Crippen LogP contribution in [0, 0.1) is 0 Å². The number of halogens is 2. The van der Waals surface area contributed by atoms with Crippen LogP contribution in [0.4, 0.5) is 5.69 Å². The summed E-state index contributed by atoms with van der Waals surface area (Å²) in [6.45, 7) is 0. The first-order chi connectivity index (χ1) is 13.0. The van der Waals surface area contributed by atoms with Crippen molar-refractivity contribution in [2.45, 2.75) is 5.03 Å². The highest BCUT2D eigenvalue weighted by atomic mass is 35.5. The number of carbonyl (C=O) groups excluding carboxylic acids is 2. The number of hydrogen-bond donors (Lipinski definition) is 1. The monoisotopic (exact) mass is 421 g/mol. The van der Waals surface area contributed by atoms with Crippen LogP contribution in [-0.4, -0.2) is 34.7 Å². The van der Waals surface area contributed by atoms with Crippen LogP contribution < -0.4 is 5.32 Å². The van der Waals surface area contributed by atoms with Crippen LogP contribution in [0.1, 0.15) is 10.4 Å². The molecule has 9 heteroatoms. The Labute approximate surface area is 169 Å². The summed E-state index contributed by atoms with van der Waals surface area (Å²) in [5, 5.41) is 4.80. The fourth-order valence-electron chi connectivity index (χ4n) is 2.39. The first-order valence-electron chi connectivity index (χ1n) is 7.69. The molecule has 0 bridgehead atoms. The lowest BCUT2D eigenvalue weighted by atomic mass is 10.2. The molecule has 1 heterocycles. The van der Waals surface area contributed by atoms with E-state index in [0.29, 0.717) is 31.7 Å². The molecule has 3 rings (SSSR count). The van der Waals surface area contributed by atoms with Gasteiger partial charge in [-0.3, -0.25) is 4.79 Å². The van der Waals surface area contributed by atoms with Gasteiger partial charge in [-0.05, 0) is 24.3 Å². The van der Waals surface area contributed by atoms with Crippen molar-refractivity contribution >= 4 is 63.4 Å². The number of aromatic nitrogens is 2. The van der Waals surface area contributed by atoms with Gasteiger partial charge in [0.05, 0.1) is 40.0 Å². The molecular formula is C18H13Cl2N3O3S. The highest BCUT2D eigenvalue weighted by molar-refractivity contribution is 8.00. The van der Waals surface area contributed by atoms with Crippen molar-refractivity contribution in [1.29, 1.82) is 0 Å². The molecule has 0 aliphatic carbocycles. The zero-order valence-corrected chi connectivity index (χ0v) is 16.4. The summed E-state index contributed by atoms with van der Waals surface area (Å²) in [5.41, 5.74) is 1.26. The van der Waals surface area contributed by atoms with Crippen molar-refractivity contribution in [3.8, 4) is 0 Å². The highest BCUT2D eigenvalue weighted by Crippen LogP contribution is 2.33. The number of amides is 1. The second-order valence-corrected chi connectivity index (χ2v) is 7.14. The number of methoxy groups -OCH3 is 1. The standard InChI is InChI=1S/C18H13Cl2N3O3S/c1-26-18(25)11-4-2-3-5-13(11)23-15(24)8-27-17-16-12(20)6-10(19)7-14(16)21-9-22-17/h2-7,9H,8H2,1H3,(H,23,24). The summed E-state index contributed by atoms with van der Waals surface area (Å²) in [6.07, 6.45) is 1.39. The zero-order chi connectivity index (χ0) is 19.4. The van der Waals surface area contributed by atoms with Crippen LogP contribution in [-0.2, 0) is 9.53 Å². The van der Waals surface area contributed by atoms with Crippen molar-refractivity contribution in [2.24, 2.45) is 0 Å².